The molecular formula is C37H42Cl2F3N3O7S. The van der Waals surface area contributed by atoms with Crippen LogP contribution in [0.5, 0.6) is 0 Å². The molecule has 2 heterocycles. The van der Waals surface area contributed by atoms with Crippen molar-refractivity contribution in [2.75, 3.05) is 71.8 Å². The number of hydrogen-bond donors (Lipinski definition) is 1. The molecule has 16 heteroatoms. The molecule has 1 N–H and O–H groups in total. The van der Waals surface area contributed by atoms with Crippen molar-refractivity contribution in [1.82, 2.24) is 8.87 Å². The van der Waals surface area contributed by atoms with Crippen molar-refractivity contribution in [3.8, 4) is 0 Å². The molecular weight excluding hydrogens is 758 g/mol. The van der Waals surface area contributed by atoms with Gasteiger partial charge in [0.1, 0.15) is 0 Å². The van der Waals surface area contributed by atoms with E-state index in [1.807, 2.05) is 66.7 Å². The van der Waals surface area contributed by atoms with Gasteiger partial charge >= 0.3 is 15.5 Å². The second kappa shape index (κ2) is 18.9. The van der Waals surface area contributed by atoms with E-state index in [9.17, 15) is 26.4 Å². The molecule has 3 aromatic carbocycles. The number of aromatic nitrogens is 1. The fraction of sp³-hybridized carbons (Fsp3) is 0.432. The Kier molecular flexibility index (Phi) is 14.6. The second-order valence-corrected chi connectivity index (χ2v) is 15.3. The Bertz CT molecular complexity index is 1910. The molecule has 1 aromatic heterocycles. The Morgan fingerprint density at radius 3 is 1.81 bits per heavy atom. The molecule has 5 rings (SSSR count). The fourth-order valence-electron chi connectivity index (χ4n) is 6.27. The standard InChI is InChI=1S/C37H42Cl2F3N3O7S/c1-49-18-19-51-22-23-52-21-20-50-17-16-45-34-11-6-28(36(26-2-7-29(38)8-3-26)27-4-9-30(39)10-5-27)24-32(34)33(25-35(45)46)43-31-12-14-44(15-13-31)53(47,48)37(40,41)42/h2-11,24-25,31,36,43H,12-23H2,1H3. The summed E-state index contributed by atoms with van der Waals surface area (Å²) >= 11 is 12.5. The third-order valence-electron chi connectivity index (χ3n) is 8.96. The number of piperidine rings is 1. The Morgan fingerprint density at radius 2 is 1.28 bits per heavy atom. The van der Waals surface area contributed by atoms with Gasteiger partial charge in [0.05, 0.1) is 51.8 Å². The van der Waals surface area contributed by atoms with E-state index in [0.29, 0.717) is 70.6 Å². The minimum atomic E-state index is -5.43. The van der Waals surface area contributed by atoms with Crippen LogP contribution in [0.2, 0.25) is 10.0 Å². The van der Waals surface area contributed by atoms with Gasteiger partial charge in [-0.15, -0.1) is 0 Å². The zero-order valence-corrected chi connectivity index (χ0v) is 31.4. The van der Waals surface area contributed by atoms with Crippen LogP contribution < -0.4 is 10.9 Å². The van der Waals surface area contributed by atoms with Gasteiger partial charge in [-0.2, -0.15) is 17.5 Å². The van der Waals surface area contributed by atoms with Gasteiger partial charge in [0, 0.05) is 65.9 Å². The number of rotatable bonds is 18. The highest BCUT2D eigenvalue weighted by Gasteiger charge is 2.50. The van der Waals surface area contributed by atoms with E-state index in [0.717, 1.165) is 16.7 Å². The molecule has 288 valence electrons. The van der Waals surface area contributed by atoms with E-state index < -0.39 is 15.5 Å². The number of ether oxygens (including phenoxy) is 4. The van der Waals surface area contributed by atoms with Crippen molar-refractivity contribution in [1.29, 1.82) is 0 Å². The molecule has 53 heavy (non-hydrogen) atoms. The van der Waals surface area contributed by atoms with E-state index in [4.69, 9.17) is 42.1 Å². The Balaban J connectivity index is 1.41. The topological polar surface area (TPSA) is 108 Å². The SMILES string of the molecule is COCCOCCOCCOCCn1c(=O)cc(NC2CCN(S(=O)(=O)C(F)(F)F)CC2)c2cc(C(c3ccc(Cl)cc3)c3ccc(Cl)cc3)ccc21. The lowest BCUT2D eigenvalue weighted by molar-refractivity contribution is -0.0494. The molecule has 4 aromatic rings. The first-order valence-corrected chi connectivity index (χ1v) is 19.3. The van der Waals surface area contributed by atoms with Gasteiger partial charge in [-0.1, -0.05) is 53.5 Å². The first-order chi connectivity index (χ1) is 25.4. The monoisotopic (exact) mass is 799 g/mol. The number of pyridine rings is 1. The van der Waals surface area contributed by atoms with Crippen molar-refractivity contribution in [2.24, 2.45) is 0 Å². The van der Waals surface area contributed by atoms with Crippen LogP contribution in [0.1, 0.15) is 35.4 Å². The summed E-state index contributed by atoms with van der Waals surface area (Å²) < 4.78 is 87.4. The van der Waals surface area contributed by atoms with Crippen LogP contribution in [-0.2, 0) is 35.5 Å². The molecule has 0 unspecified atom stereocenters. The Morgan fingerprint density at radius 1 is 0.774 bits per heavy atom. The van der Waals surface area contributed by atoms with E-state index in [2.05, 4.69) is 5.32 Å². The summed E-state index contributed by atoms with van der Waals surface area (Å²) in [5, 5.41) is 5.25. The highest BCUT2D eigenvalue weighted by Crippen LogP contribution is 2.37. The van der Waals surface area contributed by atoms with Crippen molar-refractivity contribution >= 4 is 49.8 Å². The van der Waals surface area contributed by atoms with Gasteiger partial charge in [0.25, 0.3) is 5.56 Å². The van der Waals surface area contributed by atoms with Gasteiger partial charge in [-0.3, -0.25) is 4.79 Å². The average Bonchev–Trinajstić information content (AvgIpc) is 3.13. The highest BCUT2D eigenvalue weighted by molar-refractivity contribution is 7.90. The molecule has 0 radical (unpaired) electrons. The lowest BCUT2D eigenvalue weighted by atomic mass is 9.84. The number of sulfonamides is 1. The highest BCUT2D eigenvalue weighted by atomic mass is 35.5. The van der Waals surface area contributed by atoms with Crippen LogP contribution in [0.25, 0.3) is 10.9 Å². The maximum absolute atomic E-state index is 13.6. The Hall–Kier alpha value is -3.21. The number of alkyl halides is 3. The molecule has 0 saturated carbocycles. The molecule has 0 aliphatic carbocycles. The summed E-state index contributed by atoms with van der Waals surface area (Å²) in [5.41, 5.74) is -1.71. The van der Waals surface area contributed by atoms with Crippen molar-refractivity contribution in [3.63, 3.8) is 0 Å². The summed E-state index contributed by atoms with van der Waals surface area (Å²) in [5.74, 6) is -0.244. The average molecular weight is 801 g/mol. The van der Waals surface area contributed by atoms with Crippen LogP contribution in [0.3, 0.4) is 0 Å². The van der Waals surface area contributed by atoms with E-state index in [1.54, 1.807) is 11.7 Å². The number of methoxy groups -OCH3 is 1. The maximum Gasteiger partial charge on any atom is 0.511 e. The summed E-state index contributed by atoms with van der Waals surface area (Å²) in [7, 11) is -3.83. The van der Waals surface area contributed by atoms with Crippen LogP contribution >= 0.6 is 23.2 Å². The quantitative estimate of drug-likeness (QED) is 0.0856. The number of anilines is 1. The van der Waals surface area contributed by atoms with E-state index in [-0.39, 0.29) is 56.6 Å². The van der Waals surface area contributed by atoms with Crippen molar-refractivity contribution in [3.05, 3.63) is 110 Å². The fourth-order valence-corrected chi connectivity index (χ4v) is 7.50. The molecule has 1 fully saturated rings. The van der Waals surface area contributed by atoms with Crippen LogP contribution in [0.4, 0.5) is 18.9 Å². The van der Waals surface area contributed by atoms with E-state index >= 15 is 0 Å². The largest absolute Gasteiger partial charge is 0.511 e. The van der Waals surface area contributed by atoms with Gasteiger partial charge in [0.15, 0.2) is 0 Å². The minimum absolute atomic E-state index is 0.118. The molecule has 0 atom stereocenters. The third-order valence-corrected chi connectivity index (χ3v) is 11.1. The van der Waals surface area contributed by atoms with Gasteiger partial charge < -0.3 is 28.8 Å². The number of nitrogens with one attached hydrogen (secondary N) is 1. The number of fused-ring (bicyclic) bond motifs is 1. The summed E-state index contributed by atoms with van der Waals surface area (Å²) in [6.07, 6.45) is 0.236. The van der Waals surface area contributed by atoms with Gasteiger partial charge in [0.2, 0.25) is 0 Å². The van der Waals surface area contributed by atoms with Crippen molar-refractivity contribution in [2.45, 2.75) is 36.9 Å². The molecule has 1 aliphatic rings. The predicted octanol–water partition coefficient (Wildman–Crippen LogP) is 6.91. The second-order valence-electron chi connectivity index (χ2n) is 12.5. The van der Waals surface area contributed by atoms with E-state index in [1.165, 1.54) is 6.07 Å². The lowest BCUT2D eigenvalue weighted by Crippen LogP contribution is -2.47. The first-order valence-electron chi connectivity index (χ1n) is 17.1. The number of halogens is 5. The van der Waals surface area contributed by atoms with Crippen LogP contribution in [-0.4, -0.2) is 95.3 Å². The number of hydrogen-bond acceptors (Lipinski definition) is 8. The summed E-state index contributed by atoms with van der Waals surface area (Å²) in [6.45, 7) is 2.40. The Labute approximate surface area is 316 Å². The van der Waals surface area contributed by atoms with Crippen molar-refractivity contribution < 1.29 is 40.5 Å². The number of benzene rings is 3. The van der Waals surface area contributed by atoms with Gasteiger partial charge in [-0.25, -0.2) is 8.42 Å². The van der Waals surface area contributed by atoms with Crippen LogP contribution in [0.15, 0.2) is 77.6 Å². The normalized spacial score (nSPS) is 14.7. The summed E-state index contributed by atoms with van der Waals surface area (Å²) in [6, 6.07) is 22.0. The number of nitrogens with zero attached hydrogens (tertiary/aromatic N) is 2. The van der Waals surface area contributed by atoms with Crippen LogP contribution in [0, 0.1) is 0 Å². The predicted molar refractivity (Wildman–Crippen MR) is 200 cm³/mol. The molecule has 0 spiro atoms. The summed E-state index contributed by atoms with van der Waals surface area (Å²) in [4.78, 5) is 13.6. The maximum atomic E-state index is 13.6. The third kappa shape index (κ3) is 10.7. The zero-order chi connectivity index (χ0) is 38.0. The minimum Gasteiger partial charge on any atom is -0.382 e. The zero-order valence-electron chi connectivity index (χ0n) is 29.1. The molecule has 10 nitrogen and oxygen atoms in total. The lowest BCUT2D eigenvalue weighted by Gasteiger charge is -2.32. The first kappa shape index (κ1) is 41.0. The molecule has 0 amide bonds. The smallest absolute Gasteiger partial charge is 0.382 e. The van der Waals surface area contributed by atoms with Gasteiger partial charge in [-0.05, 0) is 65.9 Å². The molecule has 1 saturated heterocycles. The molecule has 1 aliphatic heterocycles. The molecule has 0 bridgehead atoms.